The summed E-state index contributed by atoms with van der Waals surface area (Å²) < 4.78 is 5.36. The van der Waals surface area contributed by atoms with Gasteiger partial charge in [-0.25, -0.2) is 4.98 Å². The van der Waals surface area contributed by atoms with Crippen molar-refractivity contribution in [1.82, 2.24) is 15.0 Å². The summed E-state index contributed by atoms with van der Waals surface area (Å²) in [7, 11) is 1.66. The van der Waals surface area contributed by atoms with Crippen LogP contribution in [0, 0.1) is 6.92 Å². The van der Waals surface area contributed by atoms with Crippen LogP contribution in [0.3, 0.4) is 0 Å². The number of hydrogen-bond donors (Lipinski definition) is 2. The number of fused-ring (bicyclic) bond motifs is 2. The zero-order valence-electron chi connectivity index (χ0n) is 12.9. The molecule has 114 valence electrons. The molecule has 2 aromatic heterocycles. The summed E-state index contributed by atoms with van der Waals surface area (Å²) in [6.07, 6.45) is 1.76. The van der Waals surface area contributed by atoms with Crippen molar-refractivity contribution in [3.63, 3.8) is 0 Å². The third-order valence-electron chi connectivity index (χ3n) is 4.07. The fourth-order valence-electron chi connectivity index (χ4n) is 2.84. The molecular weight excluding hydrogens is 288 g/mol. The van der Waals surface area contributed by atoms with Crippen LogP contribution in [-0.4, -0.2) is 22.1 Å². The number of anilines is 1. The molecule has 2 aromatic carbocycles. The van der Waals surface area contributed by atoms with Crippen LogP contribution in [-0.2, 0) is 0 Å². The maximum atomic E-state index is 6.33. The summed E-state index contributed by atoms with van der Waals surface area (Å²) in [6.45, 7) is 2.00. The van der Waals surface area contributed by atoms with E-state index in [1.165, 1.54) is 0 Å². The Morgan fingerprint density at radius 3 is 2.78 bits per heavy atom. The highest BCUT2D eigenvalue weighted by Gasteiger charge is 2.13. The predicted octanol–water partition coefficient (Wildman–Crippen LogP) is 3.68. The lowest BCUT2D eigenvalue weighted by Gasteiger charge is -2.05. The minimum Gasteiger partial charge on any atom is -0.496 e. The topological polar surface area (TPSA) is 76.8 Å². The molecule has 0 fully saturated rings. The van der Waals surface area contributed by atoms with Crippen LogP contribution in [0.2, 0.25) is 0 Å². The van der Waals surface area contributed by atoms with Crippen molar-refractivity contribution in [3.05, 3.63) is 48.2 Å². The number of pyridine rings is 1. The zero-order valence-corrected chi connectivity index (χ0v) is 12.9. The Bertz CT molecular complexity index is 1040. The van der Waals surface area contributed by atoms with E-state index in [0.717, 1.165) is 38.8 Å². The smallest absolute Gasteiger partial charge is 0.142 e. The van der Waals surface area contributed by atoms with E-state index in [9.17, 15) is 0 Å². The molecule has 0 aliphatic heterocycles. The number of H-pyrrole nitrogens is 1. The van der Waals surface area contributed by atoms with E-state index in [4.69, 9.17) is 10.5 Å². The predicted molar refractivity (Wildman–Crippen MR) is 92.5 cm³/mol. The molecule has 4 rings (SSSR count). The quantitative estimate of drug-likeness (QED) is 0.592. The van der Waals surface area contributed by atoms with Crippen LogP contribution in [0.5, 0.6) is 5.75 Å². The van der Waals surface area contributed by atoms with E-state index in [-0.39, 0.29) is 0 Å². The van der Waals surface area contributed by atoms with Gasteiger partial charge in [-0.05, 0) is 24.6 Å². The van der Waals surface area contributed by atoms with Crippen LogP contribution in [0.1, 0.15) is 5.56 Å². The number of methoxy groups -OCH3 is 1. The summed E-state index contributed by atoms with van der Waals surface area (Å²) in [5.41, 5.74) is 11.5. The number of imidazole rings is 1. The average molecular weight is 304 g/mol. The largest absolute Gasteiger partial charge is 0.496 e. The monoisotopic (exact) mass is 304 g/mol. The Kier molecular flexibility index (Phi) is 2.94. The van der Waals surface area contributed by atoms with E-state index >= 15 is 0 Å². The second kappa shape index (κ2) is 4.98. The number of para-hydroxylation sites is 1. The number of aryl methyl sites for hydroxylation is 1. The molecule has 0 unspecified atom stereocenters. The Hall–Kier alpha value is -3.08. The van der Waals surface area contributed by atoms with Gasteiger partial charge in [0.2, 0.25) is 0 Å². The molecule has 3 N–H and O–H groups in total. The first kappa shape index (κ1) is 13.6. The van der Waals surface area contributed by atoms with Crippen molar-refractivity contribution in [2.45, 2.75) is 6.92 Å². The Morgan fingerprint density at radius 1 is 1.13 bits per heavy atom. The van der Waals surface area contributed by atoms with E-state index in [0.29, 0.717) is 11.5 Å². The number of aromatic amines is 1. The number of ether oxygens (including phenoxy) is 1. The maximum absolute atomic E-state index is 6.33. The lowest BCUT2D eigenvalue weighted by Crippen LogP contribution is -1.94. The molecule has 0 atom stereocenters. The van der Waals surface area contributed by atoms with E-state index in [1.807, 2.05) is 43.3 Å². The van der Waals surface area contributed by atoms with Gasteiger partial charge in [0.1, 0.15) is 11.6 Å². The first-order chi connectivity index (χ1) is 11.2. The molecule has 5 heteroatoms. The molecule has 0 aliphatic carbocycles. The third kappa shape index (κ3) is 2.09. The van der Waals surface area contributed by atoms with Crippen molar-refractivity contribution < 1.29 is 4.74 Å². The number of aromatic nitrogens is 3. The van der Waals surface area contributed by atoms with Gasteiger partial charge in [-0.3, -0.25) is 4.98 Å². The van der Waals surface area contributed by atoms with Gasteiger partial charge in [-0.1, -0.05) is 18.2 Å². The van der Waals surface area contributed by atoms with Crippen LogP contribution in [0.4, 0.5) is 5.69 Å². The highest BCUT2D eigenvalue weighted by molar-refractivity contribution is 5.97. The van der Waals surface area contributed by atoms with E-state index in [2.05, 4.69) is 15.0 Å². The number of nitrogens with two attached hydrogens (primary N) is 1. The molecule has 0 amide bonds. The van der Waals surface area contributed by atoms with Crippen molar-refractivity contribution >= 4 is 27.6 Å². The molecule has 4 aromatic rings. The fourth-order valence-corrected chi connectivity index (χ4v) is 2.84. The van der Waals surface area contributed by atoms with E-state index in [1.54, 1.807) is 13.3 Å². The Balaban J connectivity index is 1.93. The van der Waals surface area contributed by atoms with Crippen LogP contribution >= 0.6 is 0 Å². The third-order valence-corrected chi connectivity index (χ3v) is 4.07. The molecular formula is C18H16N4O. The summed E-state index contributed by atoms with van der Waals surface area (Å²) >= 11 is 0. The first-order valence-corrected chi connectivity index (χ1v) is 7.35. The summed E-state index contributed by atoms with van der Waals surface area (Å²) in [5.74, 6) is 1.53. The number of hydrogen-bond acceptors (Lipinski definition) is 4. The second-order valence-electron chi connectivity index (χ2n) is 5.53. The Morgan fingerprint density at radius 2 is 1.96 bits per heavy atom. The lowest BCUT2D eigenvalue weighted by atomic mass is 10.1. The molecule has 2 heterocycles. The minimum absolute atomic E-state index is 0.679. The van der Waals surface area contributed by atoms with Gasteiger partial charge in [0.15, 0.2) is 0 Å². The Labute approximate surface area is 133 Å². The van der Waals surface area contributed by atoms with Gasteiger partial charge in [-0.15, -0.1) is 0 Å². The van der Waals surface area contributed by atoms with Crippen LogP contribution < -0.4 is 10.5 Å². The highest BCUT2D eigenvalue weighted by atomic mass is 16.5. The van der Waals surface area contributed by atoms with Gasteiger partial charge < -0.3 is 15.5 Å². The normalized spacial score (nSPS) is 11.2. The second-order valence-corrected chi connectivity index (χ2v) is 5.53. The SMILES string of the molecule is COc1cc2nc(-c3cnc4ccccc4c3N)[nH]c2cc1C. The number of benzene rings is 2. The molecule has 0 bridgehead atoms. The molecule has 0 spiro atoms. The average Bonchev–Trinajstić information content (AvgIpc) is 2.97. The molecule has 0 saturated heterocycles. The number of nitrogens with one attached hydrogen (secondary N) is 1. The van der Waals surface area contributed by atoms with Gasteiger partial charge >= 0.3 is 0 Å². The number of nitrogen functional groups attached to an aromatic ring is 1. The minimum atomic E-state index is 0.679. The molecule has 0 saturated carbocycles. The van der Waals surface area contributed by atoms with Gasteiger partial charge in [0.25, 0.3) is 0 Å². The summed E-state index contributed by atoms with van der Waals surface area (Å²) in [6, 6.07) is 11.8. The fraction of sp³-hybridized carbons (Fsp3) is 0.111. The van der Waals surface area contributed by atoms with Gasteiger partial charge in [0.05, 0.1) is 34.9 Å². The molecule has 0 aliphatic rings. The summed E-state index contributed by atoms with van der Waals surface area (Å²) in [5, 5.41) is 0.930. The molecule has 5 nitrogen and oxygen atoms in total. The van der Waals surface area contributed by atoms with E-state index < -0.39 is 0 Å². The van der Waals surface area contributed by atoms with Crippen molar-refractivity contribution in [2.24, 2.45) is 0 Å². The van der Waals surface area contributed by atoms with Crippen LogP contribution in [0.25, 0.3) is 33.3 Å². The standard InChI is InChI=1S/C18H16N4O/c1-10-7-14-15(8-16(10)23-2)22-18(21-14)12-9-20-13-6-4-3-5-11(13)17(12)19/h3-9H,1-2H3,(H2,19,20)(H,21,22). The molecule has 23 heavy (non-hydrogen) atoms. The van der Waals surface area contributed by atoms with Gasteiger partial charge in [0, 0.05) is 17.6 Å². The lowest BCUT2D eigenvalue weighted by molar-refractivity contribution is 0.412. The zero-order chi connectivity index (χ0) is 16.0. The summed E-state index contributed by atoms with van der Waals surface area (Å²) in [4.78, 5) is 12.4. The number of rotatable bonds is 2. The van der Waals surface area contributed by atoms with Crippen molar-refractivity contribution in [1.29, 1.82) is 0 Å². The van der Waals surface area contributed by atoms with Gasteiger partial charge in [-0.2, -0.15) is 0 Å². The maximum Gasteiger partial charge on any atom is 0.142 e. The first-order valence-electron chi connectivity index (χ1n) is 7.35. The molecule has 0 radical (unpaired) electrons. The van der Waals surface area contributed by atoms with Crippen molar-refractivity contribution in [3.8, 4) is 17.1 Å². The van der Waals surface area contributed by atoms with Crippen molar-refractivity contribution in [2.75, 3.05) is 12.8 Å². The highest BCUT2D eigenvalue weighted by Crippen LogP contribution is 2.32. The van der Waals surface area contributed by atoms with Crippen LogP contribution in [0.15, 0.2) is 42.6 Å². The number of nitrogens with zero attached hydrogens (tertiary/aromatic N) is 2.